The summed E-state index contributed by atoms with van der Waals surface area (Å²) in [5.74, 6) is 0. The van der Waals surface area contributed by atoms with E-state index in [4.69, 9.17) is 4.42 Å². The Morgan fingerprint density at radius 2 is 1.28 bits per heavy atom. The molecular formula is C24H15O. The molecule has 25 heavy (non-hydrogen) atoms. The molecule has 0 saturated carbocycles. The van der Waals surface area contributed by atoms with Crippen LogP contribution in [0.3, 0.4) is 0 Å². The van der Waals surface area contributed by atoms with Crippen molar-refractivity contribution < 1.29 is 4.42 Å². The highest BCUT2D eigenvalue weighted by Crippen LogP contribution is 2.35. The van der Waals surface area contributed by atoms with E-state index in [1.165, 1.54) is 16.7 Å². The molecule has 0 amide bonds. The Morgan fingerprint density at radius 1 is 0.560 bits per heavy atom. The summed E-state index contributed by atoms with van der Waals surface area (Å²) >= 11 is 0. The zero-order valence-electron chi connectivity index (χ0n) is 13.6. The number of rotatable bonds is 2. The van der Waals surface area contributed by atoms with Crippen LogP contribution in [-0.2, 0) is 0 Å². The Hall–Kier alpha value is -3.32. The molecule has 1 heterocycles. The summed E-state index contributed by atoms with van der Waals surface area (Å²) in [5.41, 5.74) is 6.47. The van der Waals surface area contributed by atoms with Crippen molar-refractivity contribution in [2.24, 2.45) is 0 Å². The molecule has 0 bridgehead atoms. The number of hydrogen-bond acceptors (Lipinski definition) is 1. The van der Waals surface area contributed by atoms with E-state index in [2.05, 4.69) is 66.7 Å². The van der Waals surface area contributed by atoms with Gasteiger partial charge in [-0.05, 0) is 40.5 Å². The molecule has 1 nitrogen and oxygen atoms in total. The number of benzene rings is 4. The zero-order valence-corrected chi connectivity index (χ0v) is 13.6. The van der Waals surface area contributed by atoms with Gasteiger partial charge in [0.1, 0.15) is 11.2 Å². The van der Waals surface area contributed by atoms with Crippen LogP contribution >= 0.6 is 0 Å². The first-order chi connectivity index (χ1) is 12.4. The predicted molar refractivity (Wildman–Crippen MR) is 103 cm³/mol. The van der Waals surface area contributed by atoms with Crippen molar-refractivity contribution in [2.45, 2.75) is 0 Å². The normalized spacial score (nSPS) is 11.2. The average Bonchev–Trinajstić information content (AvgIpc) is 3.06. The van der Waals surface area contributed by atoms with Crippen LogP contribution in [0.15, 0.2) is 95.4 Å². The Labute approximate surface area is 146 Å². The number of para-hydroxylation sites is 1. The molecule has 4 aromatic carbocycles. The quantitative estimate of drug-likeness (QED) is 0.352. The molecule has 5 rings (SSSR count). The molecule has 0 N–H and O–H groups in total. The maximum Gasteiger partial charge on any atom is 0.136 e. The minimum Gasteiger partial charge on any atom is -0.456 e. The van der Waals surface area contributed by atoms with Crippen LogP contribution in [0.25, 0.3) is 44.2 Å². The molecule has 0 aliphatic heterocycles. The van der Waals surface area contributed by atoms with Crippen molar-refractivity contribution in [3.05, 3.63) is 97.1 Å². The SMILES string of the molecule is [c]1c(-c2ccccc2-c2ccccc2)ccc2oc3ccccc3c12. The van der Waals surface area contributed by atoms with Crippen LogP contribution < -0.4 is 0 Å². The maximum absolute atomic E-state index is 5.93. The first kappa shape index (κ1) is 14.1. The molecule has 0 spiro atoms. The lowest BCUT2D eigenvalue weighted by molar-refractivity contribution is 0.669. The third kappa shape index (κ3) is 2.33. The molecule has 5 aromatic rings. The van der Waals surface area contributed by atoms with Gasteiger partial charge in [0.2, 0.25) is 0 Å². The molecule has 1 heteroatoms. The number of hydrogen-bond donors (Lipinski definition) is 0. The molecular weight excluding hydrogens is 304 g/mol. The van der Waals surface area contributed by atoms with E-state index in [9.17, 15) is 0 Å². The van der Waals surface area contributed by atoms with Crippen molar-refractivity contribution >= 4 is 21.9 Å². The standard InChI is InChI=1S/C24H15O/c1-2-8-17(9-3-1)19-10-4-5-11-20(19)18-14-15-24-22(16-18)21-12-6-7-13-23(21)25-24/h1-15H. The van der Waals surface area contributed by atoms with Gasteiger partial charge in [0.05, 0.1) is 0 Å². The van der Waals surface area contributed by atoms with E-state index in [0.717, 1.165) is 27.5 Å². The van der Waals surface area contributed by atoms with E-state index < -0.39 is 0 Å². The van der Waals surface area contributed by atoms with Gasteiger partial charge in [0, 0.05) is 16.8 Å². The Balaban J connectivity index is 1.75. The second kappa shape index (κ2) is 5.64. The predicted octanol–water partition coefficient (Wildman–Crippen LogP) is 6.72. The summed E-state index contributed by atoms with van der Waals surface area (Å²) in [6.45, 7) is 0. The summed E-state index contributed by atoms with van der Waals surface area (Å²) < 4.78 is 5.93. The molecule has 0 unspecified atom stereocenters. The fourth-order valence-electron chi connectivity index (χ4n) is 3.39. The molecule has 1 radical (unpaired) electrons. The molecule has 1 aromatic heterocycles. The molecule has 0 fully saturated rings. The lowest BCUT2D eigenvalue weighted by Crippen LogP contribution is -1.85. The van der Waals surface area contributed by atoms with E-state index in [-0.39, 0.29) is 0 Å². The van der Waals surface area contributed by atoms with Gasteiger partial charge in [-0.3, -0.25) is 0 Å². The van der Waals surface area contributed by atoms with E-state index >= 15 is 0 Å². The highest BCUT2D eigenvalue weighted by atomic mass is 16.3. The van der Waals surface area contributed by atoms with Crippen molar-refractivity contribution in [1.82, 2.24) is 0 Å². The van der Waals surface area contributed by atoms with Crippen LogP contribution in [0, 0.1) is 6.07 Å². The zero-order chi connectivity index (χ0) is 16.6. The first-order valence-corrected chi connectivity index (χ1v) is 8.38. The molecule has 0 saturated heterocycles. The monoisotopic (exact) mass is 319 g/mol. The van der Waals surface area contributed by atoms with Crippen LogP contribution in [0.4, 0.5) is 0 Å². The van der Waals surface area contributed by atoms with Crippen LogP contribution in [0.5, 0.6) is 0 Å². The van der Waals surface area contributed by atoms with E-state index in [1.54, 1.807) is 0 Å². The van der Waals surface area contributed by atoms with Crippen molar-refractivity contribution in [1.29, 1.82) is 0 Å². The van der Waals surface area contributed by atoms with E-state index in [0.29, 0.717) is 0 Å². The minimum atomic E-state index is 0.877. The molecule has 117 valence electrons. The van der Waals surface area contributed by atoms with E-state index in [1.807, 2.05) is 30.3 Å². The number of fused-ring (bicyclic) bond motifs is 3. The summed E-state index contributed by atoms with van der Waals surface area (Å²) in [6, 6.07) is 34.8. The molecule has 0 aliphatic rings. The van der Waals surface area contributed by atoms with Crippen LogP contribution in [-0.4, -0.2) is 0 Å². The first-order valence-electron chi connectivity index (χ1n) is 8.38. The average molecular weight is 319 g/mol. The lowest BCUT2D eigenvalue weighted by Gasteiger charge is -2.10. The summed E-state index contributed by atoms with van der Waals surface area (Å²) in [6.07, 6.45) is 0. The lowest BCUT2D eigenvalue weighted by atomic mass is 9.94. The van der Waals surface area contributed by atoms with Crippen molar-refractivity contribution in [2.75, 3.05) is 0 Å². The van der Waals surface area contributed by atoms with Gasteiger partial charge in [-0.15, -0.1) is 0 Å². The van der Waals surface area contributed by atoms with Crippen LogP contribution in [0.1, 0.15) is 0 Å². The highest BCUT2D eigenvalue weighted by Gasteiger charge is 2.11. The fraction of sp³-hybridized carbons (Fsp3) is 0. The Morgan fingerprint density at radius 3 is 2.16 bits per heavy atom. The number of furan rings is 1. The summed E-state index contributed by atoms with van der Waals surface area (Å²) in [4.78, 5) is 0. The maximum atomic E-state index is 5.93. The van der Waals surface area contributed by atoms with Gasteiger partial charge in [-0.1, -0.05) is 72.8 Å². The molecule has 0 aliphatic carbocycles. The van der Waals surface area contributed by atoms with Crippen molar-refractivity contribution in [3.63, 3.8) is 0 Å². The fourth-order valence-corrected chi connectivity index (χ4v) is 3.39. The van der Waals surface area contributed by atoms with Gasteiger partial charge >= 0.3 is 0 Å². The largest absolute Gasteiger partial charge is 0.456 e. The van der Waals surface area contributed by atoms with Crippen LogP contribution in [0.2, 0.25) is 0 Å². The van der Waals surface area contributed by atoms with Gasteiger partial charge in [0.25, 0.3) is 0 Å². The Kier molecular flexibility index (Phi) is 3.17. The van der Waals surface area contributed by atoms with Crippen molar-refractivity contribution in [3.8, 4) is 22.3 Å². The van der Waals surface area contributed by atoms with Gasteiger partial charge in [0.15, 0.2) is 0 Å². The highest BCUT2D eigenvalue weighted by molar-refractivity contribution is 6.06. The van der Waals surface area contributed by atoms with Gasteiger partial charge < -0.3 is 4.42 Å². The Bertz CT molecular complexity index is 1180. The summed E-state index contributed by atoms with van der Waals surface area (Å²) in [7, 11) is 0. The second-order valence-corrected chi connectivity index (χ2v) is 6.12. The second-order valence-electron chi connectivity index (χ2n) is 6.12. The third-order valence-electron chi connectivity index (χ3n) is 4.59. The van der Waals surface area contributed by atoms with Gasteiger partial charge in [-0.25, -0.2) is 0 Å². The topological polar surface area (TPSA) is 13.1 Å². The minimum absolute atomic E-state index is 0.877. The van der Waals surface area contributed by atoms with Gasteiger partial charge in [-0.2, -0.15) is 0 Å². The smallest absolute Gasteiger partial charge is 0.136 e. The summed E-state index contributed by atoms with van der Waals surface area (Å²) in [5, 5.41) is 2.15. The molecule has 0 atom stereocenters. The third-order valence-corrected chi connectivity index (χ3v) is 4.59.